The lowest BCUT2D eigenvalue weighted by Gasteiger charge is -2.31. The van der Waals surface area contributed by atoms with E-state index in [1.54, 1.807) is 29.5 Å². The minimum atomic E-state index is -0.941. The summed E-state index contributed by atoms with van der Waals surface area (Å²) in [4.78, 5) is 28.3. The lowest BCUT2D eigenvalue weighted by Crippen LogP contribution is -2.45. The Labute approximate surface area is 170 Å². The molecule has 3 amide bonds. The van der Waals surface area contributed by atoms with Crippen LogP contribution in [0.4, 0.5) is 4.79 Å². The quantitative estimate of drug-likeness (QED) is 0.648. The highest BCUT2D eigenvalue weighted by atomic mass is 35.5. The monoisotopic (exact) mass is 413 g/mol. The van der Waals surface area contributed by atoms with E-state index in [9.17, 15) is 9.59 Å². The van der Waals surface area contributed by atoms with E-state index in [2.05, 4.69) is 10.5 Å². The van der Waals surface area contributed by atoms with Gasteiger partial charge in [0.25, 0.3) is 5.91 Å². The molecule has 1 aliphatic heterocycles. The van der Waals surface area contributed by atoms with Crippen molar-refractivity contribution in [3.05, 3.63) is 63.0 Å². The van der Waals surface area contributed by atoms with Crippen LogP contribution < -0.4 is 5.32 Å². The number of nitrogens with zero attached hydrogens (tertiary/aromatic N) is 2. The van der Waals surface area contributed by atoms with Crippen molar-refractivity contribution in [3.63, 3.8) is 0 Å². The number of nitrogens with one attached hydrogen (secondary N) is 1. The van der Waals surface area contributed by atoms with E-state index in [1.165, 1.54) is 9.78 Å². The van der Waals surface area contributed by atoms with Crippen molar-refractivity contribution in [2.24, 2.45) is 0 Å². The standard InChI is InChI=1S/C20H16ClN3O3S/c21-13-5-3-12(4-6-13)16-10-14(27-23-16)11-24-18(25)20(22-19(24)26)8-1-2-17-15(20)7-9-28-17/h3-7,9-10H,1-2,8,11H2,(H,22,26). The van der Waals surface area contributed by atoms with Gasteiger partial charge >= 0.3 is 6.03 Å². The third-order valence-corrected chi connectivity index (χ3v) is 6.58. The first-order valence-electron chi connectivity index (χ1n) is 8.99. The van der Waals surface area contributed by atoms with Crippen LogP contribution in [-0.2, 0) is 23.3 Å². The average molecular weight is 414 g/mol. The van der Waals surface area contributed by atoms with Crippen LogP contribution in [0.15, 0.2) is 46.3 Å². The second kappa shape index (κ2) is 6.46. The van der Waals surface area contributed by atoms with Gasteiger partial charge in [-0.15, -0.1) is 11.3 Å². The van der Waals surface area contributed by atoms with Gasteiger partial charge in [-0.3, -0.25) is 9.69 Å². The summed E-state index contributed by atoms with van der Waals surface area (Å²) in [7, 11) is 0. The normalized spacial score (nSPS) is 21.2. The summed E-state index contributed by atoms with van der Waals surface area (Å²) in [5.41, 5.74) is 1.47. The molecule has 1 atom stereocenters. The molecule has 1 N–H and O–H groups in total. The second-order valence-electron chi connectivity index (χ2n) is 7.02. The van der Waals surface area contributed by atoms with E-state index < -0.39 is 11.6 Å². The number of hydrogen-bond donors (Lipinski definition) is 1. The molecule has 1 fully saturated rings. The molecule has 1 unspecified atom stereocenters. The van der Waals surface area contributed by atoms with E-state index in [0.717, 1.165) is 24.0 Å². The van der Waals surface area contributed by atoms with Gasteiger partial charge in [-0.2, -0.15) is 0 Å². The molecule has 0 bridgehead atoms. The largest absolute Gasteiger partial charge is 0.359 e. The molecule has 2 aliphatic rings. The number of carbonyl (C=O) groups is 2. The van der Waals surface area contributed by atoms with Crippen molar-refractivity contribution >= 4 is 34.9 Å². The van der Waals surface area contributed by atoms with Crippen molar-refractivity contribution in [2.75, 3.05) is 0 Å². The van der Waals surface area contributed by atoms with Gasteiger partial charge in [0.2, 0.25) is 0 Å². The van der Waals surface area contributed by atoms with Crippen LogP contribution in [0.1, 0.15) is 29.0 Å². The maximum Gasteiger partial charge on any atom is 0.325 e. The first kappa shape index (κ1) is 17.5. The predicted octanol–water partition coefficient (Wildman–Crippen LogP) is 4.34. The number of aromatic nitrogens is 1. The van der Waals surface area contributed by atoms with Crippen LogP contribution in [0, 0.1) is 0 Å². The molecule has 1 aliphatic carbocycles. The topological polar surface area (TPSA) is 75.4 Å². The van der Waals surface area contributed by atoms with Crippen molar-refractivity contribution in [3.8, 4) is 11.3 Å². The number of urea groups is 1. The van der Waals surface area contributed by atoms with E-state index in [-0.39, 0.29) is 12.5 Å². The van der Waals surface area contributed by atoms with Crippen LogP contribution in [0.25, 0.3) is 11.3 Å². The Morgan fingerprint density at radius 3 is 2.89 bits per heavy atom. The Bertz CT molecular complexity index is 1070. The Morgan fingerprint density at radius 2 is 2.07 bits per heavy atom. The molecule has 142 valence electrons. The van der Waals surface area contributed by atoms with Crippen molar-refractivity contribution in [2.45, 2.75) is 31.3 Å². The number of carbonyl (C=O) groups excluding carboxylic acids is 2. The number of amides is 3. The first-order valence-corrected chi connectivity index (χ1v) is 10.2. The summed E-state index contributed by atoms with van der Waals surface area (Å²) < 4.78 is 5.38. The molecular weight excluding hydrogens is 398 g/mol. The second-order valence-corrected chi connectivity index (χ2v) is 8.46. The zero-order valence-corrected chi connectivity index (χ0v) is 16.3. The minimum Gasteiger partial charge on any atom is -0.359 e. The fraction of sp³-hybridized carbons (Fsp3) is 0.250. The molecule has 2 aromatic heterocycles. The number of imide groups is 1. The molecule has 3 heterocycles. The Hall–Kier alpha value is -2.64. The highest BCUT2D eigenvalue weighted by Gasteiger charge is 2.54. The Balaban J connectivity index is 1.41. The molecule has 1 saturated heterocycles. The van der Waals surface area contributed by atoms with E-state index in [0.29, 0.717) is 22.9 Å². The molecule has 0 radical (unpaired) electrons. The SMILES string of the molecule is O=C1NC2(CCCc3sccc32)C(=O)N1Cc1cc(-c2ccc(Cl)cc2)no1. The molecular formula is C20H16ClN3O3S. The molecule has 1 spiro atoms. The minimum absolute atomic E-state index is 0.0481. The zero-order chi connectivity index (χ0) is 19.3. The molecule has 3 aromatic rings. The van der Waals surface area contributed by atoms with Crippen molar-refractivity contribution in [1.29, 1.82) is 0 Å². The van der Waals surface area contributed by atoms with Gasteiger partial charge in [-0.25, -0.2) is 4.79 Å². The summed E-state index contributed by atoms with van der Waals surface area (Å²) in [5.74, 6) is 0.230. The van der Waals surface area contributed by atoms with Crippen molar-refractivity contribution < 1.29 is 14.1 Å². The van der Waals surface area contributed by atoms with E-state index >= 15 is 0 Å². The molecule has 28 heavy (non-hydrogen) atoms. The molecule has 6 nitrogen and oxygen atoms in total. The van der Waals surface area contributed by atoms with Crippen molar-refractivity contribution in [1.82, 2.24) is 15.4 Å². The van der Waals surface area contributed by atoms with E-state index in [1.807, 2.05) is 23.6 Å². The number of halogens is 1. The Morgan fingerprint density at radius 1 is 1.25 bits per heavy atom. The lowest BCUT2D eigenvalue weighted by molar-refractivity contribution is -0.132. The molecule has 0 saturated carbocycles. The smallest absolute Gasteiger partial charge is 0.325 e. The number of aryl methyl sites for hydroxylation is 1. The highest BCUT2D eigenvalue weighted by Crippen LogP contribution is 2.42. The Kier molecular flexibility index (Phi) is 4.03. The van der Waals surface area contributed by atoms with Crippen LogP contribution >= 0.6 is 22.9 Å². The maximum atomic E-state index is 13.2. The molecule has 1 aromatic carbocycles. The first-order chi connectivity index (χ1) is 13.6. The average Bonchev–Trinajstić information content (AvgIpc) is 3.40. The van der Waals surface area contributed by atoms with Gasteiger partial charge in [-0.1, -0.05) is 28.9 Å². The third-order valence-electron chi connectivity index (χ3n) is 5.35. The predicted molar refractivity (Wildman–Crippen MR) is 105 cm³/mol. The fourth-order valence-corrected chi connectivity index (χ4v) is 5.11. The van der Waals surface area contributed by atoms with E-state index in [4.69, 9.17) is 16.1 Å². The van der Waals surface area contributed by atoms with Crippen LogP contribution in [-0.4, -0.2) is 22.0 Å². The van der Waals surface area contributed by atoms with Crippen LogP contribution in [0.2, 0.25) is 5.02 Å². The summed E-state index contributed by atoms with van der Waals surface area (Å²) in [6.45, 7) is 0.0481. The van der Waals surface area contributed by atoms with Crippen LogP contribution in [0.5, 0.6) is 0 Å². The van der Waals surface area contributed by atoms with Gasteiger partial charge in [0.05, 0.1) is 6.54 Å². The van der Waals surface area contributed by atoms with Gasteiger partial charge in [0.1, 0.15) is 11.2 Å². The van der Waals surface area contributed by atoms with Gasteiger partial charge in [0.15, 0.2) is 5.76 Å². The number of fused-ring (bicyclic) bond motifs is 2. The summed E-state index contributed by atoms with van der Waals surface area (Å²) in [6, 6.07) is 10.5. The third kappa shape index (κ3) is 2.65. The van der Waals surface area contributed by atoms with Gasteiger partial charge in [-0.05, 0) is 42.8 Å². The van der Waals surface area contributed by atoms with Gasteiger partial charge < -0.3 is 9.84 Å². The summed E-state index contributed by atoms with van der Waals surface area (Å²) >= 11 is 7.55. The lowest BCUT2D eigenvalue weighted by atomic mass is 9.80. The fourth-order valence-electron chi connectivity index (χ4n) is 3.98. The summed E-state index contributed by atoms with van der Waals surface area (Å²) in [6.07, 6.45) is 2.44. The highest BCUT2D eigenvalue weighted by molar-refractivity contribution is 7.10. The maximum absolute atomic E-state index is 13.2. The molecule has 5 rings (SSSR count). The number of benzene rings is 1. The number of rotatable bonds is 3. The summed E-state index contributed by atoms with van der Waals surface area (Å²) in [5, 5.41) is 9.61. The number of hydrogen-bond acceptors (Lipinski definition) is 5. The van der Waals surface area contributed by atoms with Crippen LogP contribution in [0.3, 0.4) is 0 Å². The molecule has 8 heteroatoms. The zero-order valence-electron chi connectivity index (χ0n) is 14.8. The number of thiophene rings is 1. The van der Waals surface area contributed by atoms with Gasteiger partial charge in [0, 0.05) is 27.1 Å².